The molecule has 10 nitrogen and oxygen atoms in total. The van der Waals surface area contributed by atoms with Gasteiger partial charge >= 0.3 is 6.03 Å². The van der Waals surface area contributed by atoms with Crippen LogP contribution in [0.1, 0.15) is 91.4 Å². The van der Waals surface area contributed by atoms with Crippen molar-refractivity contribution in [2.45, 2.75) is 115 Å². The van der Waals surface area contributed by atoms with Crippen LogP contribution in [-0.4, -0.2) is 70.0 Å². The lowest BCUT2D eigenvalue weighted by Crippen LogP contribution is -2.60. The molecular weight excluding hydrogens is 545 g/mol. The molecule has 3 fully saturated rings. The second kappa shape index (κ2) is 15.6. The summed E-state index contributed by atoms with van der Waals surface area (Å²) in [6.07, 6.45) is 9.26. The van der Waals surface area contributed by atoms with Gasteiger partial charge < -0.3 is 26.6 Å². The molecule has 0 bridgehead atoms. The maximum Gasteiger partial charge on any atom is 0.315 e. The predicted octanol–water partition coefficient (Wildman–Crippen LogP) is 3.17. The highest BCUT2D eigenvalue weighted by Gasteiger charge is 2.42. The molecular formula is C27H45Cl2N5O5. The van der Waals surface area contributed by atoms with Crippen LogP contribution in [-0.2, 0) is 19.2 Å². The SMILES string of the molecule is CC(C)(C)NC(=O)N[C@H](C(=O)N1CCC[C@H]1C(=O)NC(CC1CCC1)C(=O)C(N)=O)C1CCCCC1.ClCCl. The van der Waals surface area contributed by atoms with Crippen molar-refractivity contribution in [3.8, 4) is 0 Å². The monoisotopic (exact) mass is 589 g/mol. The van der Waals surface area contributed by atoms with Crippen LogP contribution in [0.3, 0.4) is 0 Å². The van der Waals surface area contributed by atoms with Crippen LogP contribution >= 0.6 is 23.2 Å². The lowest BCUT2D eigenvalue weighted by atomic mass is 9.80. The number of nitrogens with one attached hydrogen (secondary N) is 3. The second-order valence-corrected chi connectivity index (χ2v) is 12.6. The number of likely N-dealkylation sites (tertiary alicyclic amines) is 1. The zero-order valence-corrected chi connectivity index (χ0v) is 24.9. The van der Waals surface area contributed by atoms with Crippen molar-refractivity contribution >= 4 is 52.7 Å². The van der Waals surface area contributed by atoms with Gasteiger partial charge in [-0.15, -0.1) is 23.2 Å². The summed E-state index contributed by atoms with van der Waals surface area (Å²) in [4.78, 5) is 65.3. The van der Waals surface area contributed by atoms with Crippen LogP contribution in [0.2, 0.25) is 0 Å². The summed E-state index contributed by atoms with van der Waals surface area (Å²) >= 11 is 9.53. The van der Waals surface area contributed by atoms with E-state index in [4.69, 9.17) is 28.9 Å². The molecule has 3 atom stereocenters. The van der Waals surface area contributed by atoms with Gasteiger partial charge in [0, 0.05) is 12.1 Å². The molecule has 0 aromatic rings. The van der Waals surface area contributed by atoms with Crippen molar-refractivity contribution in [1.29, 1.82) is 0 Å². The number of nitrogens with zero attached hydrogens (tertiary/aromatic N) is 1. The van der Waals surface area contributed by atoms with E-state index in [-0.39, 0.29) is 23.1 Å². The molecule has 3 rings (SSSR count). The quantitative estimate of drug-likeness (QED) is 0.240. The fraction of sp³-hybridized carbons (Fsp3) is 0.815. The number of alkyl halides is 2. The number of carbonyl (C=O) groups excluding carboxylic acids is 5. The number of carbonyl (C=O) groups is 5. The lowest BCUT2D eigenvalue weighted by Gasteiger charge is -2.35. The number of rotatable bonds is 9. The molecule has 12 heteroatoms. The first kappa shape index (κ1) is 33.1. The maximum atomic E-state index is 13.8. The minimum Gasteiger partial charge on any atom is -0.363 e. The van der Waals surface area contributed by atoms with Crippen molar-refractivity contribution in [2.24, 2.45) is 17.6 Å². The summed E-state index contributed by atoms with van der Waals surface area (Å²) in [5, 5.41) is 8.70. The number of amides is 5. The molecule has 0 aromatic carbocycles. The average molecular weight is 591 g/mol. The predicted molar refractivity (Wildman–Crippen MR) is 151 cm³/mol. The van der Waals surface area contributed by atoms with Crippen molar-refractivity contribution in [3.63, 3.8) is 0 Å². The Bertz CT molecular complexity index is 871. The second-order valence-electron chi connectivity index (χ2n) is 11.8. The highest BCUT2D eigenvalue weighted by atomic mass is 35.5. The number of urea groups is 1. The van der Waals surface area contributed by atoms with Gasteiger partial charge in [-0.25, -0.2) is 4.79 Å². The minimum atomic E-state index is -1.06. The van der Waals surface area contributed by atoms with Crippen LogP contribution < -0.4 is 21.7 Å². The number of halogens is 2. The lowest BCUT2D eigenvalue weighted by molar-refractivity contribution is -0.143. The topological polar surface area (TPSA) is 151 Å². The van der Waals surface area contributed by atoms with E-state index < -0.39 is 47.3 Å². The Morgan fingerprint density at radius 3 is 2.03 bits per heavy atom. The van der Waals surface area contributed by atoms with Crippen molar-refractivity contribution in [1.82, 2.24) is 20.9 Å². The smallest absolute Gasteiger partial charge is 0.315 e. The summed E-state index contributed by atoms with van der Waals surface area (Å²) in [5.74, 6) is -2.29. The molecule has 1 saturated heterocycles. The van der Waals surface area contributed by atoms with Crippen LogP contribution in [0.4, 0.5) is 4.79 Å². The summed E-state index contributed by atoms with van der Waals surface area (Å²) < 4.78 is 0. The van der Waals surface area contributed by atoms with Crippen molar-refractivity contribution in [2.75, 3.05) is 11.9 Å². The molecule has 5 N–H and O–H groups in total. The van der Waals surface area contributed by atoms with Crippen LogP contribution in [0, 0.1) is 11.8 Å². The van der Waals surface area contributed by atoms with Gasteiger partial charge in [-0.2, -0.15) is 0 Å². The van der Waals surface area contributed by atoms with Gasteiger partial charge in [-0.05, 0) is 64.7 Å². The normalized spacial score (nSPS) is 21.5. The first-order valence-corrected chi connectivity index (χ1v) is 15.1. The Hall–Kier alpha value is -2.07. The Labute approximate surface area is 241 Å². The van der Waals surface area contributed by atoms with Gasteiger partial charge in [-0.1, -0.05) is 38.5 Å². The summed E-state index contributed by atoms with van der Waals surface area (Å²) in [6.45, 7) is 6.02. The van der Waals surface area contributed by atoms with Gasteiger partial charge in [0.15, 0.2) is 0 Å². The van der Waals surface area contributed by atoms with E-state index in [0.717, 1.165) is 51.4 Å². The van der Waals surface area contributed by atoms with E-state index in [1.807, 2.05) is 20.8 Å². The molecule has 3 aliphatic rings. The average Bonchev–Trinajstić information content (AvgIpc) is 3.33. The molecule has 39 heavy (non-hydrogen) atoms. The molecule has 0 spiro atoms. The molecule has 2 aliphatic carbocycles. The third kappa shape index (κ3) is 10.4. The molecule has 1 unspecified atom stereocenters. The minimum absolute atomic E-state index is 0.00378. The Morgan fingerprint density at radius 1 is 0.897 bits per heavy atom. The van der Waals surface area contributed by atoms with Gasteiger partial charge in [0.2, 0.25) is 17.6 Å². The maximum absolute atomic E-state index is 13.8. The third-order valence-corrected chi connectivity index (χ3v) is 7.67. The first-order chi connectivity index (χ1) is 18.4. The van der Waals surface area contributed by atoms with Gasteiger partial charge in [0.1, 0.15) is 12.1 Å². The van der Waals surface area contributed by atoms with E-state index in [9.17, 15) is 24.0 Å². The Kier molecular flexibility index (Phi) is 13.3. The van der Waals surface area contributed by atoms with Crippen LogP contribution in [0.5, 0.6) is 0 Å². The highest BCUT2D eigenvalue weighted by Crippen LogP contribution is 2.32. The fourth-order valence-corrected chi connectivity index (χ4v) is 5.58. The molecule has 0 aromatic heterocycles. The van der Waals surface area contributed by atoms with Crippen LogP contribution in [0.25, 0.3) is 0 Å². The van der Waals surface area contributed by atoms with E-state index in [0.29, 0.717) is 25.8 Å². The van der Waals surface area contributed by atoms with Crippen molar-refractivity contribution in [3.05, 3.63) is 0 Å². The number of nitrogens with two attached hydrogens (primary N) is 1. The van der Waals surface area contributed by atoms with E-state index in [1.54, 1.807) is 4.90 Å². The first-order valence-electron chi connectivity index (χ1n) is 14.0. The summed E-state index contributed by atoms with van der Waals surface area (Å²) in [5.41, 5.74) is 4.78. The molecule has 1 aliphatic heterocycles. The molecule has 5 amide bonds. The number of ketones is 1. The van der Waals surface area contributed by atoms with Gasteiger partial charge in [0.05, 0.1) is 11.4 Å². The number of Topliss-reactive ketones (excluding diaryl/α,β-unsaturated/α-hetero) is 1. The van der Waals surface area contributed by atoms with E-state index >= 15 is 0 Å². The van der Waals surface area contributed by atoms with Gasteiger partial charge in [0.25, 0.3) is 5.91 Å². The Morgan fingerprint density at radius 2 is 1.51 bits per heavy atom. The highest BCUT2D eigenvalue weighted by molar-refractivity contribution is 6.40. The fourth-order valence-electron chi connectivity index (χ4n) is 5.58. The van der Waals surface area contributed by atoms with E-state index in [2.05, 4.69) is 16.0 Å². The van der Waals surface area contributed by atoms with Gasteiger partial charge in [-0.3, -0.25) is 19.2 Å². The Balaban J connectivity index is 0.00000170. The van der Waals surface area contributed by atoms with E-state index in [1.165, 1.54) is 0 Å². The zero-order valence-electron chi connectivity index (χ0n) is 23.4. The zero-order chi connectivity index (χ0) is 29.2. The van der Waals surface area contributed by atoms with Crippen LogP contribution in [0.15, 0.2) is 0 Å². The summed E-state index contributed by atoms with van der Waals surface area (Å²) in [7, 11) is 0. The molecule has 0 radical (unpaired) electrons. The number of hydrogen-bond acceptors (Lipinski definition) is 5. The summed E-state index contributed by atoms with van der Waals surface area (Å²) in [6, 6.07) is -2.85. The molecule has 222 valence electrons. The third-order valence-electron chi connectivity index (χ3n) is 7.67. The standard InChI is InChI=1S/C26H43N5O5.CH2Cl2/c1-26(2,3)30-25(36)29-20(17-11-5-4-6-12-17)24(35)31-14-8-13-19(31)23(34)28-18(21(32)22(27)33)15-16-9-7-10-16;2-1-3/h16-20H,4-15H2,1-3H3,(H2,27,33)(H,28,34)(H2,29,30,36);1H2/t18?,19-,20-;/m0./s1. The molecule has 1 heterocycles. The van der Waals surface area contributed by atoms with Crippen molar-refractivity contribution < 1.29 is 24.0 Å². The largest absolute Gasteiger partial charge is 0.363 e. The number of hydrogen-bond donors (Lipinski definition) is 4. The molecule has 2 saturated carbocycles. The number of primary amides is 1.